The van der Waals surface area contributed by atoms with Crippen molar-refractivity contribution in [3.63, 3.8) is 0 Å². The minimum Gasteiger partial charge on any atom is -0.399 e. The third-order valence-corrected chi connectivity index (χ3v) is 4.11. The summed E-state index contributed by atoms with van der Waals surface area (Å²) in [4.78, 5) is 26.4. The average Bonchev–Trinajstić information content (AvgIpc) is 2.86. The first-order valence-corrected chi connectivity index (χ1v) is 20.5. The minimum absolute atomic E-state index is 0. The molecule has 0 aliphatic carbocycles. The Kier molecular flexibility index (Phi) is 23.2. The van der Waals surface area contributed by atoms with Crippen molar-refractivity contribution < 1.29 is 26.5 Å². The van der Waals surface area contributed by atoms with E-state index in [1.165, 1.54) is 14.2 Å². The van der Waals surface area contributed by atoms with Gasteiger partial charge in [0.25, 0.3) is 0 Å². The van der Waals surface area contributed by atoms with Crippen LogP contribution in [0.5, 0.6) is 0 Å². The Morgan fingerprint density at radius 3 is 1.00 bits per heavy atom. The molecule has 0 saturated heterocycles. The van der Waals surface area contributed by atoms with E-state index in [1.54, 1.807) is 14.1 Å². The summed E-state index contributed by atoms with van der Waals surface area (Å²) >= 11 is 0. The van der Waals surface area contributed by atoms with Gasteiger partial charge in [-0.1, -0.05) is 61.7 Å². The van der Waals surface area contributed by atoms with Crippen molar-refractivity contribution in [3.05, 3.63) is 72.3 Å². The van der Waals surface area contributed by atoms with Crippen LogP contribution in [0.2, 0.25) is 39.3 Å². The van der Waals surface area contributed by atoms with Gasteiger partial charge in [0.2, 0.25) is 0 Å². The third-order valence-electron chi connectivity index (χ3n) is 4.11. The number of rotatable bonds is 6. The minimum atomic E-state index is -0.861. The normalized spacial score (nSPS) is 12.3. The Morgan fingerprint density at radius 2 is 0.805 bits per heavy atom. The van der Waals surface area contributed by atoms with Crippen LogP contribution in [0.15, 0.2) is 56.7 Å². The smallest absolute Gasteiger partial charge is 0.399 e. The van der Waals surface area contributed by atoms with Crippen LogP contribution in [-0.4, -0.2) is 77.3 Å². The van der Waals surface area contributed by atoms with Gasteiger partial charge >= 0.3 is 16.8 Å². The van der Waals surface area contributed by atoms with Gasteiger partial charge in [-0.05, 0) is 52.0 Å². The first kappa shape index (κ1) is 43.0. The molecular formula is C30H52CoN6O2Si2. The SMILES string of the molecule is CN=C(C)c1cccc(/C(C)=N/OC)n1.CN=C(C)c1cccc(C(C)=NOC)n1.[CH2-][Si](C)(C)C.[CH2-][Si](C)(C)C.[Co+2]. The van der Waals surface area contributed by atoms with E-state index in [9.17, 15) is 0 Å². The molecule has 1 radical (unpaired) electrons. The van der Waals surface area contributed by atoms with Crippen molar-refractivity contribution in [1.29, 1.82) is 0 Å². The number of pyridine rings is 2. The van der Waals surface area contributed by atoms with Gasteiger partial charge in [-0.25, -0.2) is 9.97 Å². The van der Waals surface area contributed by atoms with Crippen molar-refractivity contribution in [1.82, 2.24) is 9.97 Å². The van der Waals surface area contributed by atoms with E-state index in [-0.39, 0.29) is 16.8 Å². The van der Waals surface area contributed by atoms with Gasteiger partial charge < -0.3 is 22.8 Å². The van der Waals surface area contributed by atoms with Gasteiger partial charge in [-0.2, -0.15) is 0 Å². The summed E-state index contributed by atoms with van der Waals surface area (Å²) in [6, 6.07) is 11.5. The van der Waals surface area contributed by atoms with Crippen LogP contribution >= 0.6 is 0 Å². The second-order valence-corrected chi connectivity index (χ2v) is 21.5. The molecule has 0 amide bonds. The molecule has 0 fully saturated rings. The zero-order valence-electron chi connectivity index (χ0n) is 27.7. The molecule has 8 nitrogen and oxygen atoms in total. The van der Waals surface area contributed by atoms with Crippen LogP contribution in [0, 0.1) is 13.1 Å². The summed E-state index contributed by atoms with van der Waals surface area (Å²) in [5.74, 6) is 0. The quantitative estimate of drug-likeness (QED) is 0.144. The number of hydrogen-bond donors (Lipinski definition) is 0. The number of nitrogens with zero attached hydrogens (tertiary/aromatic N) is 6. The van der Waals surface area contributed by atoms with Gasteiger partial charge in [-0.3, -0.25) is 9.98 Å². The molecule has 0 aliphatic heterocycles. The fourth-order valence-electron chi connectivity index (χ4n) is 2.27. The van der Waals surface area contributed by atoms with E-state index >= 15 is 0 Å². The molecule has 2 aromatic heterocycles. The predicted octanol–water partition coefficient (Wildman–Crippen LogP) is 7.17. The maximum atomic E-state index is 4.70. The largest absolute Gasteiger partial charge is 2.00 e. The molecular weight excluding hydrogens is 591 g/mol. The van der Waals surface area contributed by atoms with E-state index in [1.807, 2.05) is 64.1 Å². The molecule has 0 bridgehead atoms. The summed E-state index contributed by atoms with van der Waals surface area (Å²) in [6.07, 6.45) is 0. The van der Waals surface area contributed by atoms with Crippen LogP contribution in [0.1, 0.15) is 50.5 Å². The Morgan fingerprint density at radius 1 is 0.585 bits per heavy atom. The number of aliphatic imine (C=N–C) groups is 2. The van der Waals surface area contributed by atoms with E-state index in [0.717, 1.165) is 45.6 Å². The number of oxime groups is 2. The first-order chi connectivity index (χ1) is 18.4. The molecule has 2 aromatic rings. The van der Waals surface area contributed by atoms with Crippen LogP contribution in [-0.2, 0) is 26.5 Å². The molecule has 0 N–H and O–H groups in total. The van der Waals surface area contributed by atoms with Crippen molar-refractivity contribution in [3.8, 4) is 0 Å². The van der Waals surface area contributed by atoms with Crippen molar-refractivity contribution in [2.24, 2.45) is 20.3 Å². The Hall–Kier alpha value is -2.48. The van der Waals surface area contributed by atoms with Crippen LogP contribution in [0.25, 0.3) is 0 Å². The molecule has 231 valence electrons. The van der Waals surface area contributed by atoms with E-state index in [0.29, 0.717) is 0 Å². The van der Waals surface area contributed by atoms with Crippen molar-refractivity contribution in [2.45, 2.75) is 67.0 Å². The molecule has 0 aromatic carbocycles. The van der Waals surface area contributed by atoms with Gasteiger partial charge in [0.15, 0.2) is 0 Å². The van der Waals surface area contributed by atoms with Gasteiger partial charge in [0.1, 0.15) is 25.6 Å². The molecule has 0 atom stereocenters. The second-order valence-electron chi connectivity index (χ2n) is 11.3. The molecule has 11 heteroatoms. The zero-order chi connectivity index (χ0) is 31.5. The summed E-state index contributed by atoms with van der Waals surface area (Å²) < 4.78 is 0. The monoisotopic (exact) mass is 643 g/mol. The molecule has 0 saturated carbocycles. The molecule has 0 aliphatic rings. The van der Waals surface area contributed by atoms with E-state index in [2.05, 4.69) is 82.6 Å². The molecule has 2 rings (SSSR count). The maximum absolute atomic E-state index is 4.70. The van der Waals surface area contributed by atoms with Crippen LogP contribution < -0.4 is 0 Å². The molecule has 0 unspecified atom stereocenters. The second kappa shape index (κ2) is 22.2. The predicted molar refractivity (Wildman–Crippen MR) is 181 cm³/mol. The average molecular weight is 644 g/mol. The summed E-state index contributed by atoms with van der Waals surface area (Å²) in [5, 5.41) is 7.67. The number of hydrogen-bond acceptors (Lipinski definition) is 8. The Bertz CT molecular complexity index is 1040. The zero-order valence-corrected chi connectivity index (χ0v) is 30.8. The molecule has 0 spiro atoms. The topological polar surface area (TPSA) is 93.7 Å². The maximum Gasteiger partial charge on any atom is 2.00 e. The van der Waals surface area contributed by atoms with Gasteiger partial charge in [0, 0.05) is 14.1 Å². The summed E-state index contributed by atoms with van der Waals surface area (Å²) in [6.45, 7) is 28.7. The standard InChI is InChI=1S/2C11H15N3O.2C4H11Si.Co/c2*1-8(12-3)10-6-5-7-11(13-10)9(2)14-15-4;2*1-5(2,3)4;/h2*5-7H,1-4H3;2*1H2,2-4H3;/q;;2*-1;+2/b12-8?,14-9+;;;;. The van der Waals surface area contributed by atoms with E-state index in [4.69, 9.17) is 9.68 Å². The van der Waals surface area contributed by atoms with E-state index < -0.39 is 16.1 Å². The summed E-state index contributed by atoms with van der Waals surface area (Å²) in [5.41, 5.74) is 6.65. The number of aromatic nitrogens is 2. The molecule has 41 heavy (non-hydrogen) atoms. The Labute approximate surface area is 262 Å². The van der Waals surface area contributed by atoms with Crippen LogP contribution in [0.3, 0.4) is 0 Å². The van der Waals surface area contributed by atoms with Gasteiger partial charge in [0.05, 0.1) is 34.2 Å². The fourth-order valence-corrected chi connectivity index (χ4v) is 2.27. The van der Waals surface area contributed by atoms with Crippen molar-refractivity contribution >= 4 is 39.0 Å². The molecule has 2 heterocycles. The Balaban J connectivity index is -0.000000523. The fraction of sp³-hybridized carbons (Fsp3) is 0.467. The van der Waals surface area contributed by atoms with Crippen molar-refractivity contribution in [2.75, 3.05) is 28.3 Å². The first-order valence-electron chi connectivity index (χ1n) is 13.1. The summed E-state index contributed by atoms with van der Waals surface area (Å²) in [7, 11) is 4.82. The van der Waals surface area contributed by atoms with Gasteiger partial charge in [-0.15, -0.1) is 16.1 Å². The third kappa shape index (κ3) is 25.0. The van der Waals surface area contributed by atoms with Crippen LogP contribution in [0.4, 0.5) is 0 Å².